The van der Waals surface area contributed by atoms with Gasteiger partial charge in [-0.3, -0.25) is 10.2 Å². The van der Waals surface area contributed by atoms with Gasteiger partial charge in [-0.05, 0) is 50.8 Å². The lowest BCUT2D eigenvalue weighted by Crippen LogP contribution is -2.42. The molecular formula is C26H32F2N6O2. The molecule has 0 radical (unpaired) electrons. The summed E-state index contributed by atoms with van der Waals surface area (Å²) in [5.74, 6) is -1.31. The third-order valence-electron chi connectivity index (χ3n) is 6.22. The van der Waals surface area contributed by atoms with Crippen LogP contribution < -0.4 is 10.6 Å². The minimum atomic E-state index is -0.957. The Morgan fingerprint density at radius 3 is 2.58 bits per heavy atom. The van der Waals surface area contributed by atoms with Crippen molar-refractivity contribution < 1.29 is 18.4 Å². The number of carbonyl (C=O) groups is 1. The lowest BCUT2D eigenvalue weighted by molar-refractivity contribution is -0.144. The molecule has 2 aromatic carbocycles. The van der Waals surface area contributed by atoms with Crippen molar-refractivity contribution in [2.24, 2.45) is 0 Å². The quantitative estimate of drug-likeness (QED) is 0.490. The zero-order valence-electron chi connectivity index (χ0n) is 21.0. The van der Waals surface area contributed by atoms with Crippen molar-refractivity contribution in [1.29, 1.82) is 0 Å². The molecule has 0 saturated carbocycles. The molecule has 2 atom stereocenters. The van der Waals surface area contributed by atoms with Crippen molar-refractivity contribution in [2.75, 3.05) is 39.0 Å². The number of nitrogens with zero attached hydrogens (tertiary/aromatic N) is 4. The number of carbonyl (C=O) groups excluding carboxylic acids is 1. The van der Waals surface area contributed by atoms with Crippen molar-refractivity contribution in [3.8, 4) is 5.69 Å². The molecule has 2 heterocycles. The molecule has 2 N–H and O–H groups in total. The summed E-state index contributed by atoms with van der Waals surface area (Å²) in [6.45, 7) is 5.66. The van der Waals surface area contributed by atoms with Gasteiger partial charge in [-0.2, -0.15) is 10.2 Å². The highest BCUT2D eigenvalue weighted by Crippen LogP contribution is 2.30. The second kappa shape index (κ2) is 11.2. The van der Waals surface area contributed by atoms with Crippen LogP contribution in [0.1, 0.15) is 29.8 Å². The number of hydrogen-bond donors (Lipinski definition) is 2. The minimum absolute atomic E-state index is 0.401. The van der Waals surface area contributed by atoms with Gasteiger partial charge in [0.2, 0.25) is 0 Å². The summed E-state index contributed by atoms with van der Waals surface area (Å²) in [6, 6.07) is 12.3. The molecule has 0 bridgehead atoms. The number of para-hydroxylation sites is 1. The fourth-order valence-corrected chi connectivity index (χ4v) is 4.22. The Kier molecular flexibility index (Phi) is 7.97. The third kappa shape index (κ3) is 5.72. The summed E-state index contributed by atoms with van der Waals surface area (Å²) < 4.78 is 29.1. The number of halogens is 2. The van der Waals surface area contributed by atoms with E-state index in [1.807, 2.05) is 58.3 Å². The smallest absolute Gasteiger partial charge is 0.320 e. The maximum atomic E-state index is 13.9. The van der Waals surface area contributed by atoms with Gasteiger partial charge in [0.1, 0.15) is 11.9 Å². The van der Waals surface area contributed by atoms with Crippen LogP contribution in [-0.2, 0) is 11.3 Å². The molecule has 0 aliphatic carbocycles. The highest BCUT2D eigenvalue weighted by atomic mass is 19.2. The Morgan fingerprint density at radius 1 is 1.17 bits per heavy atom. The molecule has 1 aliphatic rings. The third-order valence-corrected chi connectivity index (χ3v) is 6.22. The molecule has 1 fully saturated rings. The number of rotatable bonds is 8. The van der Waals surface area contributed by atoms with Gasteiger partial charge in [-0.25, -0.2) is 18.3 Å². The van der Waals surface area contributed by atoms with Crippen LogP contribution in [0.5, 0.6) is 0 Å². The second-order valence-electron chi connectivity index (χ2n) is 9.11. The first kappa shape index (κ1) is 25.7. The molecule has 1 saturated heterocycles. The van der Waals surface area contributed by atoms with E-state index < -0.39 is 29.8 Å². The van der Waals surface area contributed by atoms with Crippen molar-refractivity contribution in [2.45, 2.75) is 32.4 Å². The molecule has 3 aromatic rings. The van der Waals surface area contributed by atoms with Crippen LogP contribution in [0.15, 0.2) is 48.5 Å². The van der Waals surface area contributed by atoms with E-state index in [4.69, 9.17) is 9.94 Å². The highest BCUT2D eigenvalue weighted by molar-refractivity contribution is 5.90. The summed E-state index contributed by atoms with van der Waals surface area (Å²) in [7, 11) is 4.01. The molecule has 0 unspecified atom stereocenters. The number of nitrogens with one attached hydrogen (secondary N) is 2. The maximum Gasteiger partial charge on any atom is 0.320 e. The first-order valence-corrected chi connectivity index (χ1v) is 12.0. The van der Waals surface area contributed by atoms with Gasteiger partial charge in [-0.1, -0.05) is 31.2 Å². The summed E-state index contributed by atoms with van der Waals surface area (Å²) in [4.78, 5) is 21.2. The highest BCUT2D eigenvalue weighted by Gasteiger charge is 2.36. The molecule has 1 aliphatic heterocycles. The molecule has 2 amide bonds. The average molecular weight is 499 g/mol. The van der Waals surface area contributed by atoms with E-state index in [0.717, 1.165) is 42.0 Å². The van der Waals surface area contributed by atoms with Crippen LogP contribution in [0.3, 0.4) is 0 Å². The average Bonchev–Trinajstić information content (AvgIpc) is 3.41. The number of hydrogen-bond acceptors (Lipinski definition) is 5. The van der Waals surface area contributed by atoms with E-state index in [1.54, 1.807) is 9.75 Å². The SMILES string of the molecule is CCN1C[C@@H](NC(=O)Nc2c(C)c(CCN(C)C)nn2-c2ccccc2)[C@H](c2ccc(F)c(F)c2)O1. The normalized spacial score (nSPS) is 18.1. The second-order valence-corrected chi connectivity index (χ2v) is 9.11. The zero-order chi connectivity index (χ0) is 25.8. The Bertz CT molecular complexity index is 1200. The standard InChI is InChI=1S/C26H32F2N6O2/c1-5-33-16-23(24(36-33)18-11-12-20(27)21(28)15-18)29-26(35)30-25-17(2)22(13-14-32(3)4)31-34(25)19-9-7-6-8-10-19/h6-12,15,23-24H,5,13-14,16H2,1-4H3,(H2,29,30,35)/t23-,24+/m1/s1. The summed E-state index contributed by atoms with van der Waals surface area (Å²) in [5.41, 5.74) is 3.05. The van der Waals surface area contributed by atoms with Crippen LogP contribution in [-0.4, -0.2) is 65.5 Å². The molecule has 4 rings (SSSR count). The first-order chi connectivity index (χ1) is 17.3. The minimum Gasteiger partial charge on any atom is -0.331 e. The molecule has 0 spiro atoms. The number of urea groups is 1. The summed E-state index contributed by atoms with van der Waals surface area (Å²) in [5, 5.41) is 12.4. The lowest BCUT2D eigenvalue weighted by atomic mass is 10.0. The molecule has 192 valence electrons. The maximum absolute atomic E-state index is 13.9. The number of aromatic nitrogens is 2. The predicted octanol–water partition coefficient (Wildman–Crippen LogP) is 4.06. The van der Waals surface area contributed by atoms with Gasteiger partial charge in [0, 0.05) is 31.6 Å². The number of anilines is 1. The van der Waals surface area contributed by atoms with Gasteiger partial charge in [0.25, 0.3) is 0 Å². The molecule has 8 nitrogen and oxygen atoms in total. The molecular weight excluding hydrogens is 466 g/mol. The topological polar surface area (TPSA) is 74.7 Å². The Hall–Kier alpha value is -3.34. The van der Waals surface area contributed by atoms with Crippen molar-refractivity contribution in [3.63, 3.8) is 0 Å². The Morgan fingerprint density at radius 2 is 1.92 bits per heavy atom. The monoisotopic (exact) mass is 498 g/mol. The van der Waals surface area contributed by atoms with Gasteiger partial charge in [0.05, 0.1) is 17.4 Å². The summed E-state index contributed by atoms with van der Waals surface area (Å²) >= 11 is 0. The molecule has 36 heavy (non-hydrogen) atoms. The fourth-order valence-electron chi connectivity index (χ4n) is 4.22. The largest absolute Gasteiger partial charge is 0.331 e. The van der Waals surface area contributed by atoms with Crippen LogP contribution in [0.4, 0.5) is 19.4 Å². The molecule has 1 aromatic heterocycles. The predicted molar refractivity (Wildman–Crippen MR) is 134 cm³/mol. The van der Waals surface area contributed by atoms with Gasteiger partial charge >= 0.3 is 6.03 Å². The van der Waals surface area contributed by atoms with Crippen molar-refractivity contribution in [3.05, 3.63) is 77.0 Å². The van der Waals surface area contributed by atoms with E-state index >= 15 is 0 Å². The van der Waals surface area contributed by atoms with Crippen molar-refractivity contribution in [1.82, 2.24) is 25.1 Å². The zero-order valence-corrected chi connectivity index (χ0v) is 21.0. The van der Waals surface area contributed by atoms with E-state index in [9.17, 15) is 13.6 Å². The van der Waals surface area contributed by atoms with E-state index in [1.165, 1.54) is 6.07 Å². The first-order valence-electron chi connectivity index (χ1n) is 12.0. The number of benzene rings is 2. The number of likely N-dealkylation sites (N-methyl/N-ethyl adjacent to an activating group) is 2. The summed E-state index contributed by atoms with van der Waals surface area (Å²) in [6.07, 6.45) is 0.0799. The fraction of sp³-hybridized carbons (Fsp3) is 0.385. The van der Waals surface area contributed by atoms with Crippen LogP contribution in [0, 0.1) is 18.6 Å². The lowest BCUT2D eigenvalue weighted by Gasteiger charge is -2.20. The van der Waals surface area contributed by atoms with Gasteiger partial charge < -0.3 is 10.2 Å². The van der Waals surface area contributed by atoms with Gasteiger partial charge in [-0.15, -0.1) is 0 Å². The Balaban J connectivity index is 1.57. The number of amides is 2. The van der Waals surface area contributed by atoms with E-state index in [2.05, 4.69) is 15.5 Å². The number of hydroxylamine groups is 2. The molecule has 10 heteroatoms. The van der Waals surface area contributed by atoms with E-state index in [-0.39, 0.29) is 0 Å². The van der Waals surface area contributed by atoms with Crippen molar-refractivity contribution >= 4 is 11.8 Å². The van der Waals surface area contributed by atoms with E-state index in [0.29, 0.717) is 24.5 Å². The van der Waals surface area contributed by atoms with Crippen LogP contribution >= 0.6 is 0 Å². The van der Waals surface area contributed by atoms with Gasteiger partial charge in [0.15, 0.2) is 11.6 Å². The Labute approximate surface area is 209 Å². The van der Waals surface area contributed by atoms with Crippen LogP contribution in [0.2, 0.25) is 0 Å². The van der Waals surface area contributed by atoms with Crippen LogP contribution in [0.25, 0.3) is 5.69 Å².